The molecule has 2 aromatic rings. The number of carbonyl (C=O) groups is 1. The van der Waals surface area contributed by atoms with Crippen LogP contribution in [0.5, 0.6) is 0 Å². The number of hydrogen-bond acceptors (Lipinski definition) is 4. The van der Waals surface area contributed by atoms with Crippen molar-refractivity contribution >= 4 is 43.9 Å². The Balaban J connectivity index is 1.74. The van der Waals surface area contributed by atoms with Gasteiger partial charge in [0.05, 0.1) is 21.0 Å². The first-order valence-corrected chi connectivity index (χ1v) is 10.1. The summed E-state index contributed by atoms with van der Waals surface area (Å²) in [6.07, 6.45) is 8.49. The van der Waals surface area contributed by atoms with Crippen LogP contribution in [0.1, 0.15) is 32.1 Å². The van der Waals surface area contributed by atoms with E-state index in [9.17, 15) is 9.00 Å². The van der Waals surface area contributed by atoms with Crippen molar-refractivity contribution in [1.29, 1.82) is 0 Å². The second-order valence-electron chi connectivity index (χ2n) is 6.11. The molecule has 23 heavy (non-hydrogen) atoms. The van der Waals surface area contributed by atoms with E-state index in [0.29, 0.717) is 10.8 Å². The van der Waals surface area contributed by atoms with E-state index in [0.717, 1.165) is 28.7 Å². The Labute approximate surface area is 142 Å². The van der Waals surface area contributed by atoms with E-state index in [1.807, 2.05) is 24.3 Å². The van der Waals surface area contributed by atoms with Gasteiger partial charge in [0.2, 0.25) is 5.91 Å². The fraction of sp³-hybridized carbons (Fsp3) is 0.412. The molecule has 1 heterocycles. The number of allylic oxidation sites excluding steroid dienone is 1. The molecule has 0 aliphatic heterocycles. The maximum Gasteiger partial charge on any atom is 0.225 e. The van der Waals surface area contributed by atoms with Gasteiger partial charge in [-0.3, -0.25) is 9.00 Å². The van der Waals surface area contributed by atoms with E-state index in [-0.39, 0.29) is 11.3 Å². The van der Waals surface area contributed by atoms with E-state index in [1.165, 1.54) is 24.2 Å². The van der Waals surface area contributed by atoms with Crippen LogP contribution in [0.3, 0.4) is 0 Å². The fourth-order valence-electron chi connectivity index (χ4n) is 3.16. The van der Waals surface area contributed by atoms with Crippen LogP contribution in [0.4, 0.5) is 5.69 Å². The summed E-state index contributed by atoms with van der Waals surface area (Å²) >= 11 is 1.40. The molecule has 0 radical (unpaired) electrons. The number of carbonyl (C=O) groups excluding carboxylic acids is 1. The molecule has 1 N–H and O–H groups in total. The lowest BCUT2D eigenvalue weighted by molar-refractivity contribution is -0.117. The van der Waals surface area contributed by atoms with Crippen LogP contribution in [-0.4, -0.2) is 21.4 Å². The van der Waals surface area contributed by atoms with E-state index in [1.54, 1.807) is 6.26 Å². The van der Waals surface area contributed by atoms with Crippen molar-refractivity contribution in [2.45, 2.75) is 36.4 Å². The highest BCUT2D eigenvalue weighted by Gasteiger charge is 2.32. The van der Waals surface area contributed by atoms with Gasteiger partial charge in [0.15, 0.2) is 4.34 Å². The number of anilines is 1. The van der Waals surface area contributed by atoms with Gasteiger partial charge in [-0.05, 0) is 36.5 Å². The predicted molar refractivity (Wildman–Crippen MR) is 96.3 cm³/mol. The normalized spacial score (nSPS) is 18.0. The SMILES string of the molecule is C=CC1(CC(=O)Nc2ccc3nc(S(C)=O)sc3c2)CCCC1. The van der Waals surface area contributed by atoms with Crippen molar-refractivity contribution < 1.29 is 9.00 Å². The Morgan fingerprint density at radius 3 is 2.87 bits per heavy atom. The first kappa shape index (κ1) is 16.3. The molecule has 1 amide bonds. The zero-order valence-corrected chi connectivity index (χ0v) is 14.8. The minimum atomic E-state index is -1.08. The summed E-state index contributed by atoms with van der Waals surface area (Å²) in [6, 6.07) is 5.60. The summed E-state index contributed by atoms with van der Waals surface area (Å²) in [6.45, 7) is 3.92. The smallest absolute Gasteiger partial charge is 0.225 e. The lowest BCUT2D eigenvalue weighted by Gasteiger charge is -2.23. The number of rotatable bonds is 5. The van der Waals surface area contributed by atoms with Crippen molar-refractivity contribution in [3.63, 3.8) is 0 Å². The predicted octanol–water partition coefficient (Wildman–Crippen LogP) is 4.11. The summed E-state index contributed by atoms with van der Waals surface area (Å²) in [4.78, 5) is 16.7. The molecule has 0 bridgehead atoms. The highest BCUT2D eigenvalue weighted by molar-refractivity contribution is 7.86. The topological polar surface area (TPSA) is 59.1 Å². The molecular formula is C17H20N2O2S2. The molecule has 1 atom stereocenters. The summed E-state index contributed by atoms with van der Waals surface area (Å²) in [5.74, 6) is 0.0231. The Hall–Kier alpha value is -1.53. The molecule has 1 saturated carbocycles. The highest BCUT2D eigenvalue weighted by atomic mass is 32.2. The maximum absolute atomic E-state index is 12.4. The molecule has 0 saturated heterocycles. The van der Waals surface area contributed by atoms with Gasteiger partial charge in [0, 0.05) is 18.4 Å². The third-order valence-corrected chi connectivity index (χ3v) is 6.79. The molecule has 1 aromatic heterocycles. The van der Waals surface area contributed by atoms with Crippen LogP contribution in [0, 0.1) is 5.41 Å². The molecular weight excluding hydrogens is 328 g/mol. The number of amides is 1. The Morgan fingerprint density at radius 2 is 2.22 bits per heavy atom. The molecule has 122 valence electrons. The summed E-state index contributed by atoms with van der Waals surface area (Å²) in [5.41, 5.74) is 1.54. The van der Waals surface area contributed by atoms with Gasteiger partial charge in [-0.15, -0.1) is 17.9 Å². The van der Waals surface area contributed by atoms with Crippen LogP contribution in [0.15, 0.2) is 35.2 Å². The molecule has 4 nitrogen and oxygen atoms in total. The minimum Gasteiger partial charge on any atom is -0.326 e. The molecule has 1 unspecified atom stereocenters. The number of thiazole rings is 1. The Morgan fingerprint density at radius 1 is 1.48 bits per heavy atom. The number of benzene rings is 1. The number of aromatic nitrogens is 1. The van der Waals surface area contributed by atoms with Gasteiger partial charge in [0.25, 0.3) is 0 Å². The number of fused-ring (bicyclic) bond motifs is 1. The lowest BCUT2D eigenvalue weighted by atomic mass is 9.82. The quantitative estimate of drug-likeness (QED) is 0.827. The van der Waals surface area contributed by atoms with Crippen molar-refractivity contribution in [3.05, 3.63) is 30.9 Å². The van der Waals surface area contributed by atoms with Crippen LogP contribution in [0.25, 0.3) is 10.2 Å². The second kappa shape index (κ2) is 6.53. The first-order chi connectivity index (χ1) is 11.0. The zero-order chi connectivity index (χ0) is 16.4. The third-order valence-electron chi connectivity index (χ3n) is 4.44. The molecule has 1 aliphatic carbocycles. The Kier molecular flexibility index (Phi) is 4.64. The largest absolute Gasteiger partial charge is 0.326 e. The Bertz CT molecular complexity index is 776. The maximum atomic E-state index is 12.4. The minimum absolute atomic E-state index is 0.0231. The summed E-state index contributed by atoms with van der Waals surface area (Å²) in [5, 5.41) is 2.97. The number of hydrogen-bond donors (Lipinski definition) is 1. The average molecular weight is 348 g/mol. The van der Waals surface area contributed by atoms with E-state index >= 15 is 0 Å². The molecule has 1 aromatic carbocycles. The number of nitrogens with one attached hydrogen (secondary N) is 1. The molecule has 0 spiro atoms. The number of nitrogens with zero attached hydrogens (tertiary/aromatic N) is 1. The average Bonchev–Trinajstić information content (AvgIpc) is 3.13. The second-order valence-corrected chi connectivity index (χ2v) is 8.70. The molecule has 1 aliphatic rings. The first-order valence-electron chi connectivity index (χ1n) is 7.69. The van der Waals surface area contributed by atoms with Crippen molar-refractivity contribution in [1.82, 2.24) is 4.98 Å². The molecule has 3 rings (SSSR count). The third kappa shape index (κ3) is 3.53. The zero-order valence-electron chi connectivity index (χ0n) is 13.1. The van der Waals surface area contributed by atoms with Crippen molar-refractivity contribution in [2.24, 2.45) is 5.41 Å². The van der Waals surface area contributed by atoms with E-state index in [2.05, 4.69) is 16.9 Å². The van der Waals surface area contributed by atoms with Crippen LogP contribution in [0.2, 0.25) is 0 Å². The van der Waals surface area contributed by atoms with Gasteiger partial charge < -0.3 is 5.32 Å². The standard InChI is InChI=1S/C17H20N2O2S2/c1-3-17(8-4-5-9-17)11-15(20)18-12-6-7-13-14(10-12)22-16(19-13)23(2)21/h3,6-7,10H,1,4-5,8-9,11H2,2H3,(H,18,20). The van der Waals surface area contributed by atoms with E-state index < -0.39 is 10.8 Å². The van der Waals surface area contributed by atoms with Gasteiger partial charge in [-0.1, -0.05) is 18.9 Å². The van der Waals surface area contributed by atoms with Gasteiger partial charge in [-0.25, -0.2) is 4.98 Å². The van der Waals surface area contributed by atoms with Gasteiger partial charge in [-0.2, -0.15) is 0 Å². The van der Waals surface area contributed by atoms with Crippen LogP contribution < -0.4 is 5.32 Å². The molecule has 1 fully saturated rings. The van der Waals surface area contributed by atoms with Crippen LogP contribution in [-0.2, 0) is 15.6 Å². The molecule has 6 heteroatoms. The van der Waals surface area contributed by atoms with Gasteiger partial charge >= 0.3 is 0 Å². The lowest BCUT2D eigenvalue weighted by Crippen LogP contribution is -2.23. The highest BCUT2D eigenvalue weighted by Crippen LogP contribution is 2.42. The van der Waals surface area contributed by atoms with Crippen LogP contribution >= 0.6 is 11.3 Å². The van der Waals surface area contributed by atoms with Crippen molar-refractivity contribution in [2.75, 3.05) is 11.6 Å². The van der Waals surface area contributed by atoms with Gasteiger partial charge in [0.1, 0.15) is 0 Å². The fourth-order valence-corrected chi connectivity index (χ4v) is 4.86. The van der Waals surface area contributed by atoms with Crippen molar-refractivity contribution in [3.8, 4) is 0 Å². The monoisotopic (exact) mass is 348 g/mol. The summed E-state index contributed by atoms with van der Waals surface area (Å²) < 4.78 is 13.1. The summed E-state index contributed by atoms with van der Waals surface area (Å²) in [7, 11) is -1.08. The van der Waals surface area contributed by atoms with E-state index in [4.69, 9.17) is 0 Å².